The topological polar surface area (TPSA) is 49.8 Å². The van der Waals surface area contributed by atoms with E-state index >= 15 is 0 Å². The fourth-order valence-corrected chi connectivity index (χ4v) is 1.37. The van der Waals surface area contributed by atoms with E-state index in [-0.39, 0.29) is 19.7 Å². The summed E-state index contributed by atoms with van der Waals surface area (Å²) in [7, 11) is 1.22. The summed E-state index contributed by atoms with van der Waals surface area (Å²) in [6.07, 6.45) is -2.56. The van der Waals surface area contributed by atoms with Crippen molar-refractivity contribution in [3.63, 3.8) is 0 Å². The maximum atomic E-state index is 12.2. The van der Waals surface area contributed by atoms with Crippen molar-refractivity contribution in [1.82, 2.24) is 4.90 Å². The van der Waals surface area contributed by atoms with E-state index in [9.17, 15) is 18.0 Å². The molecule has 0 bridgehead atoms. The van der Waals surface area contributed by atoms with Crippen molar-refractivity contribution >= 4 is 5.97 Å². The molecule has 0 spiro atoms. The van der Waals surface area contributed by atoms with Crippen molar-refractivity contribution in [1.29, 1.82) is 0 Å². The minimum atomic E-state index is -4.33. The zero-order valence-corrected chi connectivity index (χ0v) is 10.5. The van der Waals surface area contributed by atoms with Crippen LogP contribution in [0.1, 0.15) is 13.3 Å². The van der Waals surface area contributed by atoms with E-state index in [0.717, 1.165) is 4.90 Å². The summed E-state index contributed by atoms with van der Waals surface area (Å²) < 4.78 is 41.2. The molecule has 4 nitrogen and oxygen atoms in total. The maximum absolute atomic E-state index is 12.2. The van der Waals surface area contributed by atoms with Crippen LogP contribution in [0, 0.1) is 0 Å². The highest BCUT2D eigenvalue weighted by Crippen LogP contribution is 2.16. The van der Waals surface area contributed by atoms with Crippen LogP contribution in [0.4, 0.5) is 13.2 Å². The van der Waals surface area contributed by atoms with E-state index in [1.165, 1.54) is 13.2 Å². The van der Waals surface area contributed by atoms with E-state index in [2.05, 4.69) is 4.74 Å². The molecule has 0 atom stereocenters. The van der Waals surface area contributed by atoms with Gasteiger partial charge in [0, 0.05) is 18.7 Å². The summed E-state index contributed by atoms with van der Waals surface area (Å²) in [4.78, 5) is 12.2. The standard InChI is InChI=1S/C11H18F3NO3/c1-3-9(10(17)18-2)4-5-15(6-7-16)8-11(12,13)14/h4,16H,3,5-8H2,1-2H3. The molecule has 0 aromatic carbocycles. The number of carbonyl (C=O) groups is 1. The largest absolute Gasteiger partial charge is 0.466 e. The van der Waals surface area contributed by atoms with E-state index in [0.29, 0.717) is 12.0 Å². The number of carbonyl (C=O) groups excluding carboxylic acids is 1. The summed E-state index contributed by atoms with van der Waals surface area (Å²) in [6, 6.07) is 0. The highest BCUT2D eigenvalue weighted by atomic mass is 19.4. The smallest absolute Gasteiger partial charge is 0.401 e. The normalized spacial score (nSPS) is 12.9. The SMILES string of the molecule is CCC(=CCN(CCO)CC(F)(F)F)C(=O)OC. The fraction of sp³-hybridized carbons (Fsp3) is 0.727. The van der Waals surface area contributed by atoms with Gasteiger partial charge in [-0.05, 0) is 6.42 Å². The number of halogens is 3. The average Bonchev–Trinajstić information content (AvgIpc) is 2.27. The summed E-state index contributed by atoms with van der Waals surface area (Å²) >= 11 is 0. The molecule has 0 aliphatic rings. The van der Waals surface area contributed by atoms with Gasteiger partial charge in [0.1, 0.15) is 0 Å². The first kappa shape index (κ1) is 16.9. The molecule has 0 aromatic rings. The monoisotopic (exact) mass is 269 g/mol. The summed E-state index contributed by atoms with van der Waals surface area (Å²) in [6.45, 7) is 0.0568. The van der Waals surface area contributed by atoms with Gasteiger partial charge < -0.3 is 9.84 Å². The molecule has 0 aliphatic heterocycles. The van der Waals surface area contributed by atoms with Gasteiger partial charge in [-0.25, -0.2) is 4.79 Å². The van der Waals surface area contributed by atoms with Crippen LogP contribution in [0.2, 0.25) is 0 Å². The molecule has 0 aliphatic carbocycles. The Bertz CT molecular complexity index is 290. The highest BCUT2D eigenvalue weighted by Gasteiger charge is 2.30. The van der Waals surface area contributed by atoms with Crippen LogP contribution in [0.25, 0.3) is 0 Å². The first-order chi connectivity index (χ1) is 8.34. The number of hydrogen-bond acceptors (Lipinski definition) is 4. The summed E-state index contributed by atoms with van der Waals surface area (Å²) in [5, 5.41) is 8.69. The average molecular weight is 269 g/mol. The Morgan fingerprint density at radius 3 is 2.44 bits per heavy atom. The lowest BCUT2D eigenvalue weighted by Gasteiger charge is -2.21. The molecule has 0 radical (unpaired) electrons. The van der Waals surface area contributed by atoms with E-state index < -0.39 is 18.7 Å². The van der Waals surface area contributed by atoms with Gasteiger partial charge in [0.25, 0.3) is 0 Å². The molecule has 0 heterocycles. The summed E-state index contributed by atoms with van der Waals surface area (Å²) in [5.74, 6) is -0.548. The molecule has 0 saturated carbocycles. The first-order valence-corrected chi connectivity index (χ1v) is 5.51. The maximum Gasteiger partial charge on any atom is 0.401 e. The Labute approximate surface area is 104 Å². The third-order valence-corrected chi connectivity index (χ3v) is 2.24. The Kier molecular flexibility index (Phi) is 7.61. The second-order valence-corrected chi connectivity index (χ2v) is 3.65. The molecule has 0 rings (SSSR count). The number of nitrogens with zero attached hydrogens (tertiary/aromatic N) is 1. The number of ether oxygens (including phenoxy) is 1. The van der Waals surface area contributed by atoms with Gasteiger partial charge in [0.15, 0.2) is 0 Å². The molecule has 0 fully saturated rings. The molecular weight excluding hydrogens is 251 g/mol. The quantitative estimate of drug-likeness (QED) is 0.560. The van der Waals surface area contributed by atoms with Gasteiger partial charge in [-0.1, -0.05) is 13.0 Å². The minimum absolute atomic E-state index is 0.0572. The van der Waals surface area contributed by atoms with Crippen molar-refractivity contribution < 1.29 is 27.8 Å². The predicted octanol–water partition coefficient (Wildman–Crippen LogP) is 1.35. The van der Waals surface area contributed by atoms with Crippen molar-refractivity contribution in [3.8, 4) is 0 Å². The lowest BCUT2D eigenvalue weighted by atomic mass is 10.2. The number of rotatable bonds is 7. The van der Waals surface area contributed by atoms with Crippen LogP contribution >= 0.6 is 0 Å². The first-order valence-electron chi connectivity index (χ1n) is 5.51. The van der Waals surface area contributed by atoms with Crippen LogP contribution in [0.15, 0.2) is 11.6 Å². The molecule has 18 heavy (non-hydrogen) atoms. The van der Waals surface area contributed by atoms with Gasteiger partial charge in [0.2, 0.25) is 0 Å². The number of aliphatic hydroxyl groups excluding tert-OH is 1. The molecular formula is C11H18F3NO3. The number of aliphatic hydroxyl groups is 1. The van der Waals surface area contributed by atoms with Gasteiger partial charge in [-0.3, -0.25) is 4.90 Å². The molecule has 0 unspecified atom stereocenters. The molecule has 0 saturated heterocycles. The molecule has 1 N–H and O–H groups in total. The van der Waals surface area contributed by atoms with Gasteiger partial charge >= 0.3 is 12.1 Å². The van der Waals surface area contributed by atoms with E-state index in [1.807, 2.05) is 0 Å². The second kappa shape index (κ2) is 8.10. The lowest BCUT2D eigenvalue weighted by molar-refractivity contribution is -0.145. The lowest BCUT2D eigenvalue weighted by Crippen LogP contribution is -2.36. The number of hydrogen-bond donors (Lipinski definition) is 1. The zero-order valence-electron chi connectivity index (χ0n) is 10.5. The highest BCUT2D eigenvalue weighted by molar-refractivity contribution is 5.88. The van der Waals surface area contributed by atoms with Crippen LogP contribution < -0.4 is 0 Å². The molecule has 0 aromatic heterocycles. The number of methoxy groups -OCH3 is 1. The van der Waals surface area contributed by atoms with Gasteiger partial charge in [-0.2, -0.15) is 13.2 Å². The van der Waals surface area contributed by atoms with Crippen molar-refractivity contribution in [2.24, 2.45) is 0 Å². The van der Waals surface area contributed by atoms with Crippen LogP contribution in [0.3, 0.4) is 0 Å². The molecule has 0 amide bonds. The Morgan fingerprint density at radius 1 is 1.44 bits per heavy atom. The van der Waals surface area contributed by atoms with Crippen molar-refractivity contribution in [2.75, 3.05) is 33.4 Å². The Hall–Kier alpha value is -1.08. The Morgan fingerprint density at radius 2 is 2.06 bits per heavy atom. The van der Waals surface area contributed by atoms with Crippen LogP contribution in [-0.4, -0.2) is 55.5 Å². The molecule has 7 heteroatoms. The van der Waals surface area contributed by atoms with Crippen LogP contribution in [0.5, 0.6) is 0 Å². The predicted molar refractivity (Wildman–Crippen MR) is 60.0 cm³/mol. The number of esters is 1. The second-order valence-electron chi connectivity index (χ2n) is 3.65. The van der Waals surface area contributed by atoms with Gasteiger partial charge in [0.05, 0.1) is 20.3 Å². The van der Waals surface area contributed by atoms with Crippen molar-refractivity contribution in [2.45, 2.75) is 19.5 Å². The van der Waals surface area contributed by atoms with Crippen molar-refractivity contribution in [3.05, 3.63) is 11.6 Å². The van der Waals surface area contributed by atoms with E-state index in [4.69, 9.17) is 5.11 Å². The van der Waals surface area contributed by atoms with Crippen LogP contribution in [-0.2, 0) is 9.53 Å². The summed E-state index contributed by atoms with van der Waals surface area (Å²) in [5.41, 5.74) is 0.322. The molecule has 106 valence electrons. The zero-order chi connectivity index (χ0) is 14.2. The third-order valence-electron chi connectivity index (χ3n) is 2.24. The number of alkyl halides is 3. The minimum Gasteiger partial charge on any atom is -0.466 e. The fourth-order valence-electron chi connectivity index (χ4n) is 1.37. The Balaban J connectivity index is 4.57. The van der Waals surface area contributed by atoms with E-state index in [1.54, 1.807) is 6.92 Å². The third kappa shape index (κ3) is 7.29. The van der Waals surface area contributed by atoms with Gasteiger partial charge in [-0.15, -0.1) is 0 Å².